The molecule has 2 amide bonds. The number of imide groups is 1. The van der Waals surface area contributed by atoms with E-state index in [1.165, 1.54) is 12.1 Å². The lowest BCUT2D eigenvalue weighted by Gasteiger charge is -2.21. The van der Waals surface area contributed by atoms with Crippen molar-refractivity contribution in [2.75, 3.05) is 16.8 Å². The number of amides is 2. The maximum Gasteiger partial charge on any atom is 0.419 e. The molecule has 0 fully saturated rings. The van der Waals surface area contributed by atoms with E-state index < -0.39 is 29.4 Å². The molecule has 5 heterocycles. The Balaban J connectivity index is 1.45. The van der Waals surface area contributed by atoms with Crippen LogP contribution >= 0.6 is 0 Å². The van der Waals surface area contributed by atoms with E-state index in [1.54, 1.807) is 24.5 Å². The van der Waals surface area contributed by atoms with Crippen LogP contribution in [0, 0.1) is 13.8 Å². The Kier molecular flexibility index (Phi) is 7.03. The summed E-state index contributed by atoms with van der Waals surface area (Å²) in [6.07, 6.45) is -2.27. The number of hydrogen-bond acceptors (Lipinski definition) is 8. The predicted octanol–water partition coefficient (Wildman–Crippen LogP) is 5.46. The van der Waals surface area contributed by atoms with Crippen molar-refractivity contribution in [1.29, 1.82) is 0 Å². The highest BCUT2D eigenvalue weighted by Gasteiger charge is 2.33. The first-order valence-corrected chi connectivity index (χ1v) is 13.3. The molecule has 44 heavy (non-hydrogen) atoms. The first-order chi connectivity index (χ1) is 21.0. The van der Waals surface area contributed by atoms with Crippen LogP contribution in [-0.2, 0) is 12.7 Å². The lowest BCUT2D eigenvalue weighted by Crippen LogP contribution is -2.36. The number of aromatic nitrogens is 5. The van der Waals surface area contributed by atoms with Gasteiger partial charge in [-0.2, -0.15) is 18.2 Å². The van der Waals surface area contributed by atoms with Crippen molar-refractivity contribution in [2.45, 2.75) is 26.6 Å². The number of nitrogens with zero attached hydrogens (tertiary/aromatic N) is 7. The first kappa shape index (κ1) is 28.5. The number of carbonyl (C=O) groups is 2. The number of fused-ring (bicyclic) bond motifs is 3. The summed E-state index contributed by atoms with van der Waals surface area (Å²) in [5, 5.41) is 13.3. The molecule has 0 spiro atoms. The van der Waals surface area contributed by atoms with Crippen LogP contribution in [0.5, 0.6) is 0 Å². The Morgan fingerprint density at radius 1 is 1.02 bits per heavy atom. The Morgan fingerprint density at radius 2 is 1.84 bits per heavy atom. The molecule has 3 aliphatic heterocycles. The van der Waals surface area contributed by atoms with Gasteiger partial charge in [-0.25, -0.2) is 19.7 Å². The van der Waals surface area contributed by atoms with Gasteiger partial charge < -0.3 is 15.0 Å². The molecule has 2 N–H and O–H groups in total. The summed E-state index contributed by atoms with van der Waals surface area (Å²) in [6.45, 7) is 4.85. The third-order valence-corrected chi connectivity index (χ3v) is 7.16. The zero-order chi connectivity index (χ0) is 31.2. The molecular weight excluding hydrogens is 577 g/mol. The Bertz CT molecular complexity index is 1990. The van der Waals surface area contributed by atoms with Crippen LogP contribution in [-0.4, -0.2) is 48.2 Å². The van der Waals surface area contributed by atoms with E-state index >= 15 is 0 Å². The minimum absolute atomic E-state index is 0.0589. The molecule has 0 saturated heterocycles. The van der Waals surface area contributed by atoms with Crippen molar-refractivity contribution in [2.24, 2.45) is 4.99 Å². The fourth-order valence-electron chi connectivity index (χ4n) is 5.01. The van der Waals surface area contributed by atoms with Gasteiger partial charge in [-0.15, -0.1) is 0 Å². The summed E-state index contributed by atoms with van der Waals surface area (Å²) in [5.41, 5.74) is 2.56. The summed E-state index contributed by atoms with van der Waals surface area (Å²) < 4.78 is 41.8. The second-order valence-corrected chi connectivity index (χ2v) is 10.0. The minimum Gasteiger partial charge on any atom is -0.464 e. The van der Waals surface area contributed by atoms with Crippen LogP contribution in [0.3, 0.4) is 0 Å². The molecule has 0 unspecified atom stereocenters. The molecule has 0 radical (unpaired) electrons. The molecule has 14 heteroatoms. The number of nitrogens with one attached hydrogen (secondary N) is 1. The summed E-state index contributed by atoms with van der Waals surface area (Å²) in [7, 11) is 0. The number of rotatable bonds is 4. The number of benzene rings is 1. The second-order valence-electron chi connectivity index (χ2n) is 10.0. The standard InChI is InChI=1S/C30H23F3N8O3/c1-16-5-6-20(41(29(43)44)27(42)24-13-19(7-9-35-24)30(31,32)33)14-21(16)22-12-18-15-37-28(38-23-4-3-8-34-17(23)2)39-25(18)40-11-10-36-26(22)40/h3-9,12-15,36H,10-11H2,1-2H3,(H,43,44). The van der Waals surface area contributed by atoms with Crippen molar-refractivity contribution in [3.05, 3.63) is 95.3 Å². The quantitative estimate of drug-likeness (QED) is 0.277. The fraction of sp³-hybridized carbons (Fsp3) is 0.167. The topological polar surface area (TPSA) is 138 Å². The second kappa shape index (κ2) is 10.9. The van der Waals surface area contributed by atoms with Gasteiger partial charge in [0.1, 0.15) is 17.3 Å². The van der Waals surface area contributed by atoms with Gasteiger partial charge in [0.15, 0.2) is 0 Å². The van der Waals surface area contributed by atoms with E-state index in [4.69, 9.17) is 4.98 Å². The molecule has 222 valence electrons. The number of anilines is 2. The van der Waals surface area contributed by atoms with E-state index in [1.807, 2.05) is 30.5 Å². The smallest absolute Gasteiger partial charge is 0.419 e. The summed E-state index contributed by atoms with van der Waals surface area (Å²) in [5.74, 6) is 0.131. The Morgan fingerprint density at radius 3 is 2.59 bits per heavy atom. The molecule has 3 aliphatic rings. The van der Waals surface area contributed by atoms with Crippen LogP contribution in [0.15, 0.2) is 72.1 Å². The largest absolute Gasteiger partial charge is 0.464 e. The zero-order valence-electron chi connectivity index (χ0n) is 23.3. The number of carbonyl (C=O) groups excluding carboxylic acids is 1. The van der Waals surface area contributed by atoms with E-state index in [9.17, 15) is 27.9 Å². The van der Waals surface area contributed by atoms with Crippen LogP contribution in [0.4, 0.5) is 35.2 Å². The molecule has 6 rings (SSSR count). The molecule has 0 saturated carbocycles. The van der Waals surface area contributed by atoms with Crippen LogP contribution in [0.25, 0.3) is 22.5 Å². The number of aryl methyl sites for hydroxylation is 2. The normalized spacial score (nSPS) is 13.1. The third-order valence-electron chi connectivity index (χ3n) is 7.16. The highest BCUT2D eigenvalue weighted by Crippen LogP contribution is 2.39. The van der Waals surface area contributed by atoms with Gasteiger partial charge in [-0.05, 0) is 67.4 Å². The van der Waals surface area contributed by atoms with Crippen LogP contribution in [0.1, 0.15) is 27.3 Å². The molecule has 0 bridgehead atoms. The van der Waals surface area contributed by atoms with Crippen molar-refractivity contribution in [3.8, 4) is 22.5 Å². The molecule has 2 aromatic heterocycles. The van der Waals surface area contributed by atoms with Gasteiger partial charge in [-0.3, -0.25) is 14.8 Å². The molecule has 3 aromatic rings. The molecule has 0 atom stereocenters. The number of pyridine rings is 3. The molecular formula is C30H23F3N8O3. The molecule has 0 aliphatic carbocycles. The van der Waals surface area contributed by atoms with Gasteiger partial charge in [-0.1, -0.05) is 6.07 Å². The third kappa shape index (κ3) is 5.21. The zero-order valence-corrected chi connectivity index (χ0v) is 23.3. The van der Waals surface area contributed by atoms with Gasteiger partial charge in [0.2, 0.25) is 0 Å². The van der Waals surface area contributed by atoms with E-state index in [-0.39, 0.29) is 11.3 Å². The van der Waals surface area contributed by atoms with E-state index in [0.29, 0.717) is 64.1 Å². The highest BCUT2D eigenvalue weighted by atomic mass is 19.4. The van der Waals surface area contributed by atoms with Gasteiger partial charge >= 0.3 is 12.3 Å². The van der Waals surface area contributed by atoms with Gasteiger partial charge in [0.25, 0.3) is 11.5 Å². The Labute approximate surface area is 247 Å². The Hall–Kier alpha value is -5.66. The minimum atomic E-state index is -4.74. The summed E-state index contributed by atoms with van der Waals surface area (Å²) in [6, 6.07) is 11.2. The maximum absolute atomic E-state index is 13.3. The monoisotopic (exact) mass is 600 g/mol. The number of halogens is 3. The average molecular weight is 601 g/mol. The van der Waals surface area contributed by atoms with Crippen LogP contribution < -0.4 is 15.8 Å². The fourth-order valence-corrected chi connectivity index (χ4v) is 5.01. The van der Waals surface area contributed by atoms with E-state index in [0.717, 1.165) is 17.5 Å². The van der Waals surface area contributed by atoms with Crippen LogP contribution in [0.2, 0.25) is 0 Å². The average Bonchev–Trinajstić information content (AvgIpc) is 3.49. The summed E-state index contributed by atoms with van der Waals surface area (Å²) in [4.78, 5) is 47.5. The van der Waals surface area contributed by atoms with E-state index in [2.05, 4.69) is 25.3 Å². The van der Waals surface area contributed by atoms with Crippen molar-refractivity contribution in [3.63, 3.8) is 0 Å². The SMILES string of the molecule is Cc1ccc(N(C(=O)O)C(=O)c2cc(C(F)(F)F)ccn2)cc1-c1cc2cnc(=Nc3cccnc3C)nc-2n2c1NCC2. The first-order valence-electron chi connectivity index (χ1n) is 13.3. The lowest BCUT2D eigenvalue weighted by molar-refractivity contribution is -0.137. The molecule has 1 aromatic carbocycles. The van der Waals surface area contributed by atoms with Crippen molar-refractivity contribution >= 4 is 29.2 Å². The lowest BCUT2D eigenvalue weighted by atomic mass is 9.98. The number of carboxylic acid groups (broad SMARTS) is 1. The molecule has 11 nitrogen and oxygen atoms in total. The van der Waals surface area contributed by atoms with Gasteiger partial charge in [0, 0.05) is 42.8 Å². The van der Waals surface area contributed by atoms with Crippen molar-refractivity contribution < 1.29 is 27.9 Å². The van der Waals surface area contributed by atoms with Crippen molar-refractivity contribution in [1.82, 2.24) is 24.5 Å². The number of alkyl halides is 3. The highest BCUT2D eigenvalue weighted by molar-refractivity contribution is 6.18. The number of hydrogen-bond donors (Lipinski definition) is 2. The van der Waals surface area contributed by atoms with Gasteiger partial charge in [0.05, 0.1) is 22.6 Å². The maximum atomic E-state index is 13.3. The predicted molar refractivity (Wildman–Crippen MR) is 154 cm³/mol. The summed E-state index contributed by atoms with van der Waals surface area (Å²) >= 11 is 0.